The predicted octanol–water partition coefficient (Wildman–Crippen LogP) is 3.19. The number of rotatable bonds is 1. The van der Waals surface area contributed by atoms with E-state index in [1.807, 2.05) is 45.9 Å². The smallest absolute Gasteiger partial charge is 0.410 e. The van der Waals surface area contributed by atoms with Crippen LogP contribution in [0, 0.1) is 6.92 Å². The van der Waals surface area contributed by atoms with Gasteiger partial charge in [0.15, 0.2) is 5.58 Å². The quantitative estimate of drug-likeness (QED) is 0.808. The number of aromatic nitrogens is 1. The van der Waals surface area contributed by atoms with Gasteiger partial charge in [-0.25, -0.2) is 4.79 Å². The van der Waals surface area contributed by atoms with Crippen molar-refractivity contribution in [2.45, 2.75) is 33.3 Å². The Morgan fingerprint density at radius 3 is 2.57 bits per heavy atom. The molecule has 0 atom stereocenters. The highest BCUT2D eigenvalue weighted by atomic mass is 16.6. The van der Waals surface area contributed by atoms with Crippen LogP contribution < -0.4 is 4.90 Å². The van der Waals surface area contributed by atoms with Gasteiger partial charge in [-0.15, -0.1) is 0 Å². The number of anilines is 1. The molecule has 1 saturated heterocycles. The Balaban J connectivity index is 1.65. The Morgan fingerprint density at radius 1 is 1.22 bits per heavy atom. The third kappa shape index (κ3) is 3.57. The van der Waals surface area contributed by atoms with Crippen LogP contribution in [0.15, 0.2) is 22.6 Å². The monoisotopic (exact) mass is 317 g/mol. The first-order valence-electron chi connectivity index (χ1n) is 7.92. The van der Waals surface area contributed by atoms with Crippen molar-refractivity contribution in [3.05, 3.63) is 23.8 Å². The molecule has 2 heterocycles. The lowest BCUT2D eigenvalue weighted by Gasteiger charge is -2.34. The zero-order valence-corrected chi connectivity index (χ0v) is 14.1. The summed E-state index contributed by atoms with van der Waals surface area (Å²) in [4.78, 5) is 20.4. The van der Waals surface area contributed by atoms with Gasteiger partial charge in [-0.3, -0.25) is 0 Å². The molecular weight excluding hydrogens is 294 g/mol. The van der Waals surface area contributed by atoms with Gasteiger partial charge in [0.05, 0.1) is 0 Å². The molecule has 2 aromatic rings. The highest BCUT2D eigenvalue weighted by Gasteiger charge is 2.27. The molecule has 1 fully saturated rings. The summed E-state index contributed by atoms with van der Waals surface area (Å²) < 4.78 is 11.2. The molecule has 0 unspecified atom stereocenters. The number of amides is 1. The average Bonchev–Trinajstić information content (AvgIpc) is 2.88. The molecule has 0 saturated carbocycles. The third-order valence-electron chi connectivity index (χ3n) is 3.73. The Labute approximate surface area is 136 Å². The number of piperazine rings is 1. The van der Waals surface area contributed by atoms with Crippen molar-refractivity contribution in [2.24, 2.45) is 0 Å². The molecule has 6 nitrogen and oxygen atoms in total. The molecule has 0 spiro atoms. The summed E-state index contributed by atoms with van der Waals surface area (Å²) in [6.45, 7) is 10.2. The Hall–Kier alpha value is -2.24. The molecule has 0 N–H and O–H groups in total. The zero-order chi connectivity index (χ0) is 16.6. The molecular formula is C17H23N3O3. The van der Waals surface area contributed by atoms with Crippen LogP contribution in [-0.2, 0) is 4.74 Å². The number of oxazole rings is 1. The molecule has 1 aromatic carbocycles. The van der Waals surface area contributed by atoms with Crippen LogP contribution in [0.25, 0.3) is 11.1 Å². The average molecular weight is 317 g/mol. The summed E-state index contributed by atoms with van der Waals surface area (Å²) in [7, 11) is 0. The lowest BCUT2D eigenvalue weighted by molar-refractivity contribution is 0.0239. The number of fused-ring (bicyclic) bond motifs is 1. The van der Waals surface area contributed by atoms with E-state index < -0.39 is 5.60 Å². The van der Waals surface area contributed by atoms with Crippen LogP contribution in [0.4, 0.5) is 10.8 Å². The summed E-state index contributed by atoms with van der Waals surface area (Å²) in [5, 5.41) is 0. The molecule has 1 aromatic heterocycles. The summed E-state index contributed by atoms with van der Waals surface area (Å²) >= 11 is 0. The van der Waals surface area contributed by atoms with Gasteiger partial charge in [0.2, 0.25) is 0 Å². The van der Waals surface area contributed by atoms with Crippen molar-refractivity contribution >= 4 is 23.2 Å². The molecule has 3 rings (SSSR count). The van der Waals surface area contributed by atoms with Gasteiger partial charge in [-0.2, -0.15) is 4.98 Å². The van der Waals surface area contributed by atoms with Gasteiger partial charge in [0.1, 0.15) is 11.1 Å². The fraction of sp³-hybridized carbons (Fsp3) is 0.529. The number of hydrogen-bond donors (Lipinski definition) is 0. The van der Waals surface area contributed by atoms with E-state index in [2.05, 4.69) is 9.88 Å². The predicted molar refractivity (Wildman–Crippen MR) is 88.8 cm³/mol. The molecule has 1 aliphatic rings. The molecule has 0 bridgehead atoms. The second kappa shape index (κ2) is 5.76. The minimum absolute atomic E-state index is 0.259. The Bertz CT molecular complexity index is 709. The zero-order valence-electron chi connectivity index (χ0n) is 14.1. The van der Waals surface area contributed by atoms with E-state index in [1.54, 1.807) is 4.90 Å². The maximum absolute atomic E-state index is 12.1. The highest BCUT2D eigenvalue weighted by molar-refractivity contribution is 5.75. The molecule has 0 aliphatic carbocycles. The lowest BCUT2D eigenvalue weighted by Crippen LogP contribution is -2.50. The second-order valence-corrected chi connectivity index (χ2v) is 6.92. The Kier molecular flexibility index (Phi) is 3.92. The van der Waals surface area contributed by atoms with Crippen LogP contribution in [-0.4, -0.2) is 47.8 Å². The SMILES string of the molecule is Cc1ccc2oc(N3CCN(C(=O)OC(C)(C)C)CC3)nc2c1. The second-order valence-electron chi connectivity index (χ2n) is 6.92. The maximum Gasteiger partial charge on any atom is 0.410 e. The Morgan fingerprint density at radius 2 is 1.91 bits per heavy atom. The van der Waals surface area contributed by atoms with Crippen molar-refractivity contribution in [3.8, 4) is 0 Å². The van der Waals surface area contributed by atoms with Crippen LogP contribution in [0.5, 0.6) is 0 Å². The van der Waals surface area contributed by atoms with Crippen molar-refractivity contribution in [1.29, 1.82) is 0 Å². The number of carbonyl (C=O) groups excluding carboxylic acids is 1. The number of ether oxygens (including phenoxy) is 1. The standard InChI is InChI=1S/C17H23N3O3/c1-12-5-6-14-13(11-12)18-15(22-14)19-7-9-20(10-8-19)16(21)23-17(2,3)4/h5-6,11H,7-10H2,1-4H3. The largest absolute Gasteiger partial charge is 0.444 e. The summed E-state index contributed by atoms with van der Waals surface area (Å²) in [5.74, 6) is 0. The minimum Gasteiger partial charge on any atom is -0.444 e. The van der Waals surface area contributed by atoms with Crippen molar-refractivity contribution < 1.29 is 13.9 Å². The molecule has 1 amide bonds. The molecule has 1 aliphatic heterocycles. The van der Waals surface area contributed by atoms with Crippen LogP contribution >= 0.6 is 0 Å². The van der Waals surface area contributed by atoms with Gasteiger partial charge >= 0.3 is 6.09 Å². The van der Waals surface area contributed by atoms with Crippen LogP contribution in [0.2, 0.25) is 0 Å². The first-order valence-corrected chi connectivity index (χ1v) is 7.92. The van der Waals surface area contributed by atoms with Gasteiger partial charge in [0.25, 0.3) is 6.01 Å². The first-order chi connectivity index (χ1) is 10.8. The van der Waals surface area contributed by atoms with Gasteiger partial charge < -0.3 is 19.0 Å². The van der Waals surface area contributed by atoms with E-state index in [0.29, 0.717) is 32.2 Å². The van der Waals surface area contributed by atoms with E-state index in [4.69, 9.17) is 9.15 Å². The topological polar surface area (TPSA) is 58.8 Å². The third-order valence-corrected chi connectivity index (χ3v) is 3.73. The van der Waals surface area contributed by atoms with Gasteiger partial charge in [0, 0.05) is 26.2 Å². The minimum atomic E-state index is -0.466. The summed E-state index contributed by atoms with van der Waals surface area (Å²) in [6.07, 6.45) is -0.259. The number of hydrogen-bond acceptors (Lipinski definition) is 5. The van der Waals surface area contributed by atoms with Crippen molar-refractivity contribution in [1.82, 2.24) is 9.88 Å². The van der Waals surface area contributed by atoms with Crippen LogP contribution in [0.1, 0.15) is 26.3 Å². The van der Waals surface area contributed by atoms with Crippen molar-refractivity contribution in [3.63, 3.8) is 0 Å². The van der Waals surface area contributed by atoms with E-state index in [1.165, 1.54) is 0 Å². The molecule has 124 valence electrons. The van der Waals surface area contributed by atoms with Gasteiger partial charge in [-0.1, -0.05) is 6.07 Å². The van der Waals surface area contributed by atoms with E-state index in [-0.39, 0.29) is 6.09 Å². The fourth-order valence-electron chi connectivity index (χ4n) is 2.57. The normalized spacial score (nSPS) is 16.0. The summed E-state index contributed by atoms with van der Waals surface area (Å²) in [6, 6.07) is 6.59. The van der Waals surface area contributed by atoms with Crippen LogP contribution in [0.3, 0.4) is 0 Å². The number of aryl methyl sites for hydroxylation is 1. The number of carbonyl (C=O) groups is 1. The molecule has 23 heavy (non-hydrogen) atoms. The van der Waals surface area contributed by atoms with E-state index in [0.717, 1.165) is 16.7 Å². The molecule has 6 heteroatoms. The van der Waals surface area contributed by atoms with E-state index in [9.17, 15) is 4.79 Å². The first kappa shape index (κ1) is 15.6. The number of benzene rings is 1. The fourth-order valence-corrected chi connectivity index (χ4v) is 2.57. The van der Waals surface area contributed by atoms with Crippen molar-refractivity contribution in [2.75, 3.05) is 31.1 Å². The summed E-state index contributed by atoms with van der Waals surface area (Å²) in [5.41, 5.74) is 2.36. The lowest BCUT2D eigenvalue weighted by atomic mass is 10.2. The van der Waals surface area contributed by atoms with Gasteiger partial charge in [-0.05, 0) is 45.4 Å². The number of nitrogens with zero attached hydrogens (tertiary/aromatic N) is 3. The maximum atomic E-state index is 12.1. The highest BCUT2D eigenvalue weighted by Crippen LogP contribution is 2.24. The molecule has 0 radical (unpaired) electrons. The van der Waals surface area contributed by atoms with E-state index >= 15 is 0 Å².